The summed E-state index contributed by atoms with van der Waals surface area (Å²) < 4.78 is 1.64. The predicted octanol–water partition coefficient (Wildman–Crippen LogP) is 3.28. The first kappa shape index (κ1) is 14.8. The summed E-state index contributed by atoms with van der Waals surface area (Å²) in [6.45, 7) is 2.29. The molecule has 5 heteroatoms. The number of fused-ring (bicyclic) bond motifs is 1. The molecule has 0 unspecified atom stereocenters. The van der Waals surface area contributed by atoms with E-state index in [-0.39, 0.29) is 5.56 Å². The summed E-state index contributed by atoms with van der Waals surface area (Å²) >= 11 is 0. The van der Waals surface area contributed by atoms with Gasteiger partial charge in [-0.15, -0.1) is 0 Å². The molecule has 1 aliphatic rings. The number of aromatic nitrogens is 2. The number of benzene rings is 1. The van der Waals surface area contributed by atoms with E-state index >= 15 is 0 Å². The Kier molecular flexibility index (Phi) is 3.69. The maximum atomic E-state index is 11.8. The molecular weight excluding hydrogens is 300 g/mol. The van der Waals surface area contributed by atoms with Crippen molar-refractivity contribution in [2.75, 3.05) is 23.3 Å². The first-order valence-corrected chi connectivity index (χ1v) is 8.28. The number of hydrogen-bond acceptors (Lipinski definition) is 4. The van der Waals surface area contributed by atoms with Crippen molar-refractivity contribution in [2.24, 2.45) is 7.05 Å². The standard InChI is InChI=1S/C19H20N4O/c1-22-17-12-18(20-13-14(17)4-9-19(22)24)21-15-5-7-16(8-6-15)23-10-2-3-11-23/h4-9,12-13H,2-3,10-11H2,1H3,(H,20,21). The van der Waals surface area contributed by atoms with Gasteiger partial charge in [0.05, 0.1) is 5.52 Å². The highest BCUT2D eigenvalue weighted by molar-refractivity contribution is 5.81. The molecule has 0 amide bonds. The van der Waals surface area contributed by atoms with Crippen molar-refractivity contribution >= 4 is 28.1 Å². The summed E-state index contributed by atoms with van der Waals surface area (Å²) in [5.74, 6) is 0.734. The van der Waals surface area contributed by atoms with E-state index in [1.165, 1.54) is 18.5 Å². The zero-order chi connectivity index (χ0) is 16.5. The highest BCUT2D eigenvalue weighted by atomic mass is 16.1. The van der Waals surface area contributed by atoms with Crippen LogP contribution < -0.4 is 15.8 Å². The summed E-state index contributed by atoms with van der Waals surface area (Å²) in [6.07, 6.45) is 4.34. The van der Waals surface area contributed by atoms with Gasteiger partial charge in [0.2, 0.25) is 0 Å². The summed E-state index contributed by atoms with van der Waals surface area (Å²) in [5.41, 5.74) is 3.11. The molecule has 3 heterocycles. The van der Waals surface area contributed by atoms with Gasteiger partial charge in [0.25, 0.3) is 5.56 Å². The van der Waals surface area contributed by atoms with E-state index in [1.807, 2.05) is 6.07 Å². The van der Waals surface area contributed by atoms with Gasteiger partial charge < -0.3 is 14.8 Å². The van der Waals surface area contributed by atoms with Gasteiger partial charge in [0, 0.05) is 55.2 Å². The smallest absolute Gasteiger partial charge is 0.250 e. The quantitative estimate of drug-likeness (QED) is 0.804. The molecular formula is C19H20N4O. The van der Waals surface area contributed by atoms with Crippen molar-refractivity contribution in [3.05, 3.63) is 59.0 Å². The molecule has 3 aromatic rings. The summed E-state index contributed by atoms with van der Waals surface area (Å²) in [5, 5.41) is 4.27. The molecule has 1 N–H and O–H groups in total. The Bertz CT molecular complexity index is 924. The first-order chi connectivity index (χ1) is 11.7. The van der Waals surface area contributed by atoms with Gasteiger partial charge in [-0.3, -0.25) is 4.79 Å². The van der Waals surface area contributed by atoms with Gasteiger partial charge in [0.1, 0.15) is 5.82 Å². The Balaban J connectivity index is 1.59. The lowest BCUT2D eigenvalue weighted by atomic mass is 10.2. The van der Waals surface area contributed by atoms with Crippen LogP contribution in [0, 0.1) is 0 Å². The monoisotopic (exact) mass is 320 g/mol. The fourth-order valence-electron chi connectivity index (χ4n) is 3.21. The zero-order valence-corrected chi connectivity index (χ0v) is 13.7. The van der Waals surface area contributed by atoms with Crippen molar-refractivity contribution in [1.82, 2.24) is 9.55 Å². The number of pyridine rings is 2. The van der Waals surface area contributed by atoms with Crippen LogP contribution in [0.4, 0.5) is 17.2 Å². The van der Waals surface area contributed by atoms with Gasteiger partial charge >= 0.3 is 0 Å². The van der Waals surface area contributed by atoms with Crippen molar-refractivity contribution in [2.45, 2.75) is 12.8 Å². The van der Waals surface area contributed by atoms with E-state index in [0.717, 1.165) is 35.5 Å². The minimum atomic E-state index is -0.0189. The maximum absolute atomic E-state index is 11.8. The summed E-state index contributed by atoms with van der Waals surface area (Å²) in [7, 11) is 1.78. The molecule has 1 fully saturated rings. The lowest BCUT2D eigenvalue weighted by molar-refractivity contribution is 0.905. The van der Waals surface area contributed by atoms with Crippen LogP contribution in [-0.2, 0) is 7.05 Å². The van der Waals surface area contributed by atoms with Gasteiger partial charge in [0.15, 0.2) is 0 Å². The Morgan fingerprint density at radius 1 is 1.04 bits per heavy atom. The van der Waals surface area contributed by atoms with Gasteiger partial charge in [-0.2, -0.15) is 0 Å². The molecule has 1 saturated heterocycles. The van der Waals surface area contributed by atoms with Crippen LogP contribution in [0.25, 0.3) is 10.9 Å². The van der Waals surface area contributed by atoms with E-state index < -0.39 is 0 Å². The van der Waals surface area contributed by atoms with Crippen molar-refractivity contribution in [3.8, 4) is 0 Å². The third-order valence-corrected chi connectivity index (χ3v) is 4.62. The van der Waals surface area contributed by atoms with Crippen molar-refractivity contribution in [3.63, 3.8) is 0 Å². The Morgan fingerprint density at radius 3 is 2.54 bits per heavy atom. The number of nitrogens with zero attached hydrogens (tertiary/aromatic N) is 3. The van der Waals surface area contributed by atoms with E-state index in [1.54, 1.807) is 29.9 Å². The van der Waals surface area contributed by atoms with E-state index in [4.69, 9.17) is 0 Å². The lowest BCUT2D eigenvalue weighted by Gasteiger charge is -2.18. The highest BCUT2D eigenvalue weighted by Gasteiger charge is 2.11. The van der Waals surface area contributed by atoms with Gasteiger partial charge in [-0.05, 0) is 43.2 Å². The Morgan fingerprint density at radius 2 is 1.79 bits per heavy atom. The number of hydrogen-bond donors (Lipinski definition) is 1. The molecule has 0 saturated carbocycles. The lowest BCUT2D eigenvalue weighted by Crippen LogP contribution is -2.17. The maximum Gasteiger partial charge on any atom is 0.250 e. The fourth-order valence-corrected chi connectivity index (χ4v) is 3.21. The molecule has 2 aromatic heterocycles. The second-order valence-corrected chi connectivity index (χ2v) is 6.22. The molecule has 1 aliphatic heterocycles. The van der Waals surface area contributed by atoms with Crippen molar-refractivity contribution < 1.29 is 0 Å². The minimum Gasteiger partial charge on any atom is -0.372 e. The van der Waals surface area contributed by atoms with Crippen LogP contribution in [-0.4, -0.2) is 22.6 Å². The average molecular weight is 320 g/mol. The van der Waals surface area contributed by atoms with E-state index in [9.17, 15) is 4.79 Å². The SMILES string of the molecule is Cn1c(=O)ccc2cnc(Nc3ccc(N4CCCC4)cc3)cc21. The molecule has 0 atom stereocenters. The average Bonchev–Trinajstić information content (AvgIpc) is 3.14. The normalized spacial score (nSPS) is 14.3. The summed E-state index contributed by atoms with van der Waals surface area (Å²) in [6, 6.07) is 13.7. The fraction of sp³-hybridized carbons (Fsp3) is 0.263. The number of rotatable bonds is 3. The molecule has 0 radical (unpaired) electrons. The molecule has 0 aliphatic carbocycles. The largest absolute Gasteiger partial charge is 0.372 e. The van der Waals surface area contributed by atoms with Crippen LogP contribution in [0.15, 0.2) is 53.5 Å². The van der Waals surface area contributed by atoms with Crippen LogP contribution in [0.1, 0.15) is 12.8 Å². The third-order valence-electron chi connectivity index (χ3n) is 4.62. The van der Waals surface area contributed by atoms with Gasteiger partial charge in [-0.25, -0.2) is 4.98 Å². The van der Waals surface area contributed by atoms with Crippen LogP contribution in [0.5, 0.6) is 0 Å². The second-order valence-electron chi connectivity index (χ2n) is 6.22. The van der Waals surface area contributed by atoms with Crippen LogP contribution >= 0.6 is 0 Å². The first-order valence-electron chi connectivity index (χ1n) is 8.28. The molecule has 122 valence electrons. The predicted molar refractivity (Wildman–Crippen MR) is 98.2 cm³/mol. The molecule has 0 spiro atoms. The Hall–Kier alpha value is -2.82. The topological polar surface area (TPSA) is 50.2 Å². The van der Waals surface area contributed by atoms with Crippen molar-refractivity contribution in [1.29, 1.82) is 0 Å². The van der Waals surface area contributed by atoms with Gasteiger partial charge in [-0.1, -0.05) is 0 Å². The summed E-state index contributed by atoms with van der Waals surface area (Å²) in [4.78, 5) is 18.6. The Labute approximate surface area is 140 Å². The number of aryl methyl sites for hydroxylation is 1. The second kappa shape index (κ2) is 6.00. The number of anilines is 3. The molecule has 5 nitrogen and oxygen atoms in total. The van der Waals surface area contributed by atoms with Crippen LogP contribution in [0.2, 0.25) is 0 Å². The molecule has 24 heavy (non-hydrogen) atoms. The number of nitrogens with one attached hydrogen (secondary N) is 1. The van der Waals surface area contributed by atoms with E-state index in [0.29, 0.717) is 0 Å². The highest BCUT2D eigenvalue weighted by Crippen LogP contribution is 2.24. The third kappa shape index (κ3) is 2.73. The van der Waals surface area contributed by atoms with Crippen LogP contribution in [0.3, 0.4) is 0 Å². The van der Waals surface area contributed by atoms with E-state index in [2.05, 4.69) is 39.5 Å². The molecule has 1 aromatic carbocycles. The minimum absolute atomic E-state index is 0.0189. The zero-order valence-electron chi connectivity index (χ0n) is 13.7. The molecule has 0 bridgehead atoms. The molecule has 4 rings (SSSR count).